The van der Waals surface area contributed by atoms with Crippen LogP contribution in [0.1, 0.15) is 32.3 Å². The van der Waals surface area contributed by atoms with Crippen LogP contribution in [-0.2, 0) is 21.2 Å². The predicted molar refractivity (Wildman–Crippen MR) is 79.5 cm³/mol. The molecule has 0 bridgehead atoms. The molecular formula is C14H20N2O4S. The van der Waals surface area contributed by atoms with Gasteiger partial charge in [-0.1, -0.05) is 6.92 Å². The van der Waals surface area contributed by atoms with Crippen LogP contribution in [-0.4, -0.2) is 31.6 Å². The average Bonchev–Trinajstić information content (AvgIpc) is 2.77. The van der Waals surface area contributed by atoms with E-state index in [0.29, 0.717) is 24.1 Å². The maximum absolute atomic E-state index is 12.5. The molecule has 21 heavy (non-hydrogen) atoms. The summed E-state index contributed by atoms with van der Waals surface area (Å²) in [5.74, 6) is -0.133. The van der Waals surface area contributed by atoms with Crippen molar-refractivity contribution >= 4 is 21.6 Å². The van der Waals surface area contributed by atoms with E-state index in [1.165, 1.54) is 12.1 Å². The highest BCUT2D eigenvalue weighted by molar-refractivity contribution is 7.89. The Morgan fingerprint density at radius 3 is 2.76 bits per heavy atom. The van der Waals surface area contributed by atoms with Crippen LogP contribution in [0.15, 0.2) is 23.1 Å². The van der Waals surface area contributed by atoms with Crippen molar-refractivity contribution < 1.29 is 18.3 Å². The van der Waals surface area contributed by atoms with E-state index in [-0.39, 0.29) is 23.8 Å². The van der Waals surface area contributed by atoms with Crippen LogP contribution in [0.5, 0.6) is 0 Å². The lowest BCUT2D eigenvalue weighted by atomic mass is 9.97. The molecule has 1 amide bonds. The lowest BCUT2D eigenvalue weighted by Crippen LogP contribution is -2.46. The van der Waals surface area contributed by atoms with Crippen LogP contribution >= 0.6 is 0 Å². The van der Waals surface area contributed by atoms with Gasteiger partial charge in [-0.25, -0.2) is 13.1 Å². The molecule has 0 aromatic heterocycles. The van der Waals surface area contributed by atoms with Gasteiger partial charge in [-0.05, 0) is 43.5 Å². The molecule has 0 radical (unpaired) electrons. The SMILES string of the molecule is CCC(C)(CCO)NS(=O)(=O)c1ccc2c(c1)CC(=O)N2. The summed E-state index contributed by atoms with van der Waals surface area (Å²) < 4.78 is 27.6. The highest BCUT2D eigenvalue weighted by atomic mass is 32.2. The number of nitrogens with one attached hydrogen (secondary N) is 2. The van der Waals surface area contributed by atoms with Crippen LogP contribution in [0.3, 0.4) is 0 Å². The minimum Gasteiger partial charge on any atom is -0.396 e. The van der Waals surface area contributed by atoms with Crippen LogP contribution in [0.25, 0.3) is 0 Å². The summed E-state index contributed by atoms with van der Waals surface area (Å²) in [5.41, 5.74) is 0.650. The van der Waals surface area contributed by atoms with Crippen molar-refractivity contribution in [3.63, 3.8) is 0 Å². The molecule has 0 spiro atoms. The van der Waals surface area contributed by atoms with Crippen molar-refractivity contribution in [2.75, 3.05) is 11.9 Å². The van der Waals surface area contributed by atoms with E-state index in [1.807, 2.05) is 6.92 Å². The molecule has 116 valence electrons. The van der Waals surface area contributed by atoms with Gasteiger partial charge in [-0.3, -0.25) is 4.79 Å². The number of amides is 1. The zero-order chi connectivity index (χ0) is 15.7. The first kappa shape index (κ1) is 15.9. The first-order valence-corrected chi connectivity index (χ1v) is 8.35. The van der Waals surface area contributed by atoms with Crippen LogP contribution in [0, 0.1) is 0 Å². The van der Waals surface area contributed by atoms with Gasteiger partial charge in [0.05, 0.1) is 11.3 Å². The number of fused-ring (bicyclic) bond motifs is 1. The molecule has 1 aliphatic rings. The Bertz CT molecular complexity index is 657. The Labute approximate surface area is 124 Å². The van der Waals surface area contributed by atoms with Gasteiger partial charge in [-0.15, -0.1) is 0 Å². The number of hydrogen-bond acceptors (Lipinski definition) is 4. The van der Waals surface area contributed by atoms with Gasteiger partial charge < -0.3 is 10.4 Å². The molecule has 1 aromatic carbocycles. The summed E-state index contributed by atoms with van der Waals surface area (Å²) in [7, 11) is -3.69. The molecule has 1 atom stereocenters. The van der Waals surface area contributed by atoms with Crippen molar-refractivity contribution in [1.29, 1.82) is 0 Å². The summed E-state index contributed by atoms with van der Waals surface area (Å²) >= 11 is 0. The van der Waals surface area contributed by atoms with E-state index in [9.17, 15) is 13.2 Å². The van der Waals surface area contributed by atoms with Crippen LogP contribution in [0.4, 0.5) is 5.69 Å². The smallest absolute Gasteiger partial charge is 0.241 e. The molecule has 6 nitrogen and oxygen atoms in total. The third kappa shape index (κ3) is 3.42. The molecule has 1 heterocycles. The first-order chi connectivity index (χ1) is 9.79. The molecule has 0 saturated heterocycles. The van der Waals surface area contributed by atoms with Gasteiger partial charge >= 0.3 is 0 Å². The molecule has 1 aromatic rings. The molecule has 0 fully saturated rings. The molecule has 1 unspecified atom stereocenters. The second-order valence-electron chi connectivity index (χ2n) is 5.54. The van der Waals surface area contributed by atoms with E-state index >= 15 is 0 Å². The number of hydrogen-bond donors (Lipinski definition) is 3. The first-order valence-electron chi connectivity index (χ1n) is 6.87. The fourth-order valence-electron chi connectivity index (χ4n) is 2.30. The topological polar surface area (TPSA) is 95.5 Å². The molecule has 7 heteroatoms. The number of carbonyl (C=O) groups excluding carboxylic acids is 1. The van der Waals surface area contributed by atoms with E-state index in [2.05, 4.69) is 10.0 Å². The molecular weight excluding hydrogens is 292 g/mol. The Morgan fingerprint density at radius 2 is 2.14 bits per heavy atom. The van der Waals surface area contributed by atoms with Crippen LogP contribution in [0.2, 0.25) is 0 Å². The van der Waals surface area contributed by atoms with Crippen molar-refractivity contribution in [3.05, 3.63) is 23.8 Å². The van der Waals surface area contributed by atoms with Gasteiger partial charge in [0.2, 0.25) is 15.9 Å². The largest absolute Gasteiger partial charge is 0.396 e. The fourth-order valence-corrected chi connectivity index (χ4v) is 3.86. The second-order valence-corrected chi connectivity index (χ2v) is 7.22. The van der Waals surface area contributed by atoms with E-state index in [4.69, 9.17) is 5.11 Å². The van der Waals surface area contributed by atoms with Gasteiger partial charge in [-0.2, -0.15) is 0 Å². The van der Waals surface area contributed by atoms with Gasteiger partial charge in [0.15, 0.2) is 0 Å². The van der Waals surface area contributed by atoms with Gasteiger partial charge in [0, 0.05) is 17.8 Å². The summed E-state index contributed by atoms with van der Waals surface area (Å²) in [6.45, 7) is 3.54. The van der Waals surface area contributed by atoms with E-state index < -0.39 is 15.6 Å². The zero-order valence-corrected chi connectivity index (χ0v) is 13.0. The Hall–Kier alpha value is -1.44. The molecule has 0 saturated carbocycles. The Morgan fingerprint density at radius 1 is 1.43 bits per heavy atom. The number of benzene rings is 1. The molecule has 3 N–H and O–H groups in total. The van der Waals surface area contributed by atoms with E-state index in [1.54, 1.807) is 13.0 Å². The number of aliphatic hydroxyl groups is 1. The Balaban J connectivity index is 2.28. The monoisotopic (exact) mass is 312 g/mol. The standard InChI is InChI=1S/C14H20N2O4S/c1-3-14(2,6-7-17)16-21(19,20)11-4-5-12-10(8-11)9-13(18)15-12/h4-5,8,16-17H,3,6-7,9H2,1-2H3,(H,15,18). The number of sulfonamides is 1. The third-order valence-corrected chi connectivity index (χ3v) is 5.47. The van der Waals surface area contributed by atoms with Crippen molar-refractivity contribution in [3.8, 4) is 0 Å². The Kier molecular flexibility index (Phi) is 4.36. The van der Waals surface area contributed by atoms with Crippen molar-refractivity contribution in [2.45, 2.75) is 43.5 Å². The number of aliphatic hydroxyl groups excluding tert-OH is 1. The third-order valence-electron chi connectivity index (χ3n) is 3.84. The quantitative estimate of drug-likeness (QED) is 0.730. The highest BCUT2D eigenvalue weighted by Crippen LogP contribution is 2.27. The van der Waals surface area contributed by atoms with Crippen molar-refractivity contribution in [2.24, 2.45) is 0 Å². The number of rotatable bonds is 6. The maximum atomic E-state index is 12.5. The lowest BCUT2D eigenvalue weighted by molar-refractivity contribution is -0.115. The van der Waals surface area contributed by atoms with E-state index in [0.717, 1.165) is 0 Å². The highest BCUT2D eigenvalue weighted by Gasteiger charge is 2.29. The molecule has 2 rings (SSSR count). The fraction of sp³-hybridized carbons (Fsp3) is 0.500. The minimum atomic E-state index is -3.69. The number of anilines is 1. The summed E-state index contributed by atoms with van der Waals surface area (Å²) in [4.78, 5) is 11.5. The average molecular weight is 312 g/mol. The predicted octanol–water partition coefficient (Wildman–Crippen LogP) is 1.01. The van der Waals surface area contributed by atoms with Crippen molar-refractivity contribution in [1.82, 2.24) is 4.72 Å². The number of carbonyl (C=O) groups is 1. The summed E-state index contributed by atoms with van der Waals surface area (Å²) in [6.07, 6.45) is 1.10. The van der Waals surface area contributed by atoms with Crippen LogP contribution < -0.4 is 10.0 Å². The molecule has 0 aliphatic carbocycles. The second kappa shape index (κ2) is 5.75. The summed E-state index contributed by atoms with van der Waals surface area (Å²) in [6, 6.07) is 4.59. The zero-order valence-electron chi connectivity index (χ0n) is 12.1. The molecule has 1 aliphatic heterocycles. The normalized spacial score (nSPS) is 17.2. The van der Waals surface area contributed by atoms with Gasteiger partial charge in [0.25, 0.3) is 0 Å². The minimum absolute atomic E-state index is 0.0878. The maximum Gasteiger partial charge on any atom is 0.241 e. The van der Waals surface area contributed by atoms with Gasteiger partial charge in [0.1, 0.15) is 0 Å². The lowest BCUT2D eigenvalue weighted by Gasteiger charge is -2.28. The summed E-state index contributed by atoms with van der Waals surface area (Å²) in [5, 5.41) is 11.7.